The molecule has 10 heteroatoms. The molecular formula is C19H16FN7O2. The van der Waals surface area contributed by atoms with E-state index in [1.165, 1.54) is 23.1 Å². The monoisotopic (exact) mass is 393 g/mol. The normalized spacial score (nSPS) is 10.7. The molecule has 0 aliphatic rings. The molecule has 2 aromatic heterocycles. The number of carbonyl (C=O) groups excluding carboxylic acids is 1. The molecule has 0 radical (unpaired) electrons. The van der Waals surface area contributed by atoms with Gasteiger partial charge in [0.2, 0.25) is 0 Å². The third-order valence-electron chi connectivity index (χ3n) is 4.02. The van der Waals surface area contributed by atoms with Crippen LogP contribution >= 0.6 is 0 Å². The molecule has 146 valence electrons. The highest BCUT2D eigenvalue weighted by Gasteiger charge is 2.06. The van der Waals surface area contributed by atoms with Crippen molar-refractivity contribution in [3.05, 3.63) is 78.6 Å². The predicted molar refractivity (Wildman–Crippen MR) is 100 cm³/mol. The van der Waals surface area contributed by atoms with E-state index in [4.69, 9.17) is 4.74 Å². The molecule has 1 amide bonds. The number of tetrazole rings is 1. The smallest absolute Gasteiger partial charge is 0.258 e. The predicted octanol–water partition coefficient (Wildman–Crippen LogP) is 1.68. The zero-order valence-electron chi connectivity index (χ0n) is 15.1. The number of halogens is 1. The van der Waals surface area contributed by atoms with Crippen molar-refractivity contribution in [1.29, 1.82) is 0 Å². The molecule has 4 aromatic rings. The Bertz CT molecular complexity index is 1090. The van der Waals surface area contributed by atoms with Crippen molar-refractivity contribution >= 4 is 5.91 Å². The molecule has 2 heterocycles. The zero-order valence-corrected chi connectivity index (χ0v) is 15.1. The molecule has 0 fully saturated rings. The Hall–Kier alpha value is -4.08. The maximum absolute atomic E-state index is 13.3. The highest BCUT2D eigenvalue weighted by Crippen LogP contribution is 2.14. The van der Waals surface area contributed by atoms with Gasteiger partial charge < -0.3 is 10.1 Å². The number of rotatable bonds is 7. The lowest BCUT2D eigenvalue weighted by Gasteiger charge is -2.07. The fraction of sp³-hybridized carbons (Fsp3) is 0.105. The van der Waals surface area contributed by atoms with Crippen LogP contribution in [0.5, 0.6) is 5.75 Å². The minimum Gasteiger partial charge on any atom is -0.484 e. The Labute approximate surface area is 164 Å². The van der Waals surface area contributed by atoms with E-state index < -0.39 is 0 Å². The van der Waals surface area contributed by atoms with Gasteiger partial charge in [-0.15, -0.1) is 5.10 Å². The van der Waals surface area contributed by atoms with Crippen molar-refractivity contribution in [1.82, 2.24) is 35.3 Å². The molecule has 0 aliphatic carbocycles. The average Bonchev–Trinajstić information content (AvgIpc) is 3.43. The Kier molecular flexibility index (Phi) is 5.23. The fourth-order valence-corrected chi connectivity index (χ4v) is 2.59. The van der Waals surface area contributed by atoms with Crippen LogP contribution in [0.2, 0.25) is 0 Å². The summed E-state index contributed by atoms with van der Waals surface area (Å²) in [5.74, 6) is -0.0556. The van der Waals surface area contributed by atoms with Crippen LogP contribution in [-0.2, 0) is 11.3 Å². The van der Waals surface area contributed by atoms with E-state index in [9.17, 15) is 9.18 Å². The fourth-order valence-electron chi connectivity index (χ4n) is 2.59. The van der Waals surface area contributed by atoms with Gasteiger partial charge in [-0.2, -0.15) is 5.10 Å². The maximum Gasteiger partial charge on any atom is 0.258 e. The Morgan fingerprint density at radius 3 is 2.72 bits per heavy atom. The molecule has 0 aliphatic heterocycles. The summed E-state index contributed by atoms with van der Waals surface area (Å²) >= 11 is 0. The average molecular weight is 393 g/mol. The first-order valence-electron chi connectivity index (χ1n) is 8.70. The number of benzene rings is 2. The molecule has 0 saturated heterocycles. The number of nitrogens with zero attached hydrogens (tertiary/aromatic N) is 6. The minimum atomic E-state index is -0.337. The molecule has 9 nitrogen and oxygen atoms in total. The molecule has 29 heavy (non-hydrogen) atoms. The van der Waals surface area contributed by atoms with Gasteiger partial charge in [-0.3, -0.25) is 4.79 Å². The van der Waals surface area contributed by atoms with Gasteiger partial charge in [-0.05, 0) is 52.9 Å². The summed E-state index contributed by atoms with van der Waals surface area (Å²) in [6.45, 7) is 0.165. The molecule has 0 unspecified atom stereocenters. The lowest BCUT2D eigenvalue weighted by Crippen LogP contribution is -2.28. The van der Waals surface area contributed by atoms with Crippen molar-refractivity contribution in [2.75, 3.05) is 6.61 Å². The summed E-state index contributed by atoms with van der Waals surface area (Å²) in [5.41, 5.74) is 2.17. The molecule has 0 saturated carbocycles. The van der Waals surface area contributed by atoms with E-state index in [2.05, 4.69) is 25.9 Å². The number of nitrogens with one attached hydrogen (secondary N) is 1. The third kappa shape index (κ3) is 4.61. The Balaban J connectivity index is 1.26. The maximum atomic E-state index is 13.3. The number of amides is 1. The van der Waals surface area contributed by atoms with Gasteiger partial charge >= 0.3 is 0 Å². The number of aromatic nitrogens is 6. The number of carbonyl (C=O) groups is 1. The van der Waals surface area contributed by atoms with Crippen LogP contribution in [0.25, 0.3) is 11.4 Å². The lowest BCUT2D eigenvalue weighted by molar-refractivity contribution is -0.123. The van der Waals surface area contributed by atoms with Crippen LogP contribution < -0.4 is 10.1 Å². The van der Waals surface area contributed by atoms with E-state index in [0.29, 0.717) is 11.4 Å². The lowest BCUT2D eigenvalue weighted by atomic mass is 10.3. The van der Waals surface area contributed by atoms with Crippen molar-refractivity contribution in [3.63, 3.8) is 0 Å². The molecule has 1 N–H and O–H groups in total. The first-order chi connectivity index (χ1) is 14.2. The second-order valence-corrected chi connectivity index (χ2v) is 6.09. The zero-order chi connectivity index (χ0) is 20.1. The summed E-state index contributed by atoms with van der Waals surface area (Å²) in [6.07, 6.45) is 4.83. The second-order valence-electron chi connectivity index (χ2n) is 6.09. The van der Waals surface area contributed by atoms with Crippen LogP contribution in [0, 0.1) is 5.82 Å². The van der Waals surface area contributed by atoms with Gasteiger partial charge in [0.15, 0.2) is 6.61 Å². The van der Waals surface area contributed by atoms with Crippen molar-refractivity contribution in [2.24, 2.45) is 0 Å². The van der Waals surface area contributed by atoms with Crippen LogP contribution in [0.1, 0.15) is 5.56 Å². The molecular weight excluding hydrogens is 377 g/mol. The van der Waals surface area contributed by atoms with E-state index >= 15 is 0 Å². The Morgan fingerprint density at radius 2 is 1.97 bits per heavy atom. The van der Waals surface area contributed by atoms with Gasteiger partial charge in [-0.1, -0.05) is 6.07 Å². The highest BCUT2D eigenvalue weighted by atomic mass is 19.1. The van der Waals surface area contributed by atoms with E-state index in [-0.39, 0.29) is 24.9 Å². The summed E-state index contributed by atoms with van der Waals surface area (Å²) in [4.78, 5) is 12.0. The van der Waals surface area contributed by atoms with Crippen LogP contribution in [0.15, 0.2) is 67.3 Å². The summed E-state index contributed by atoms with van der Waals surface area (Å²) in [6, 6.07) is 13.1. The van der Waals surface area contributed by atoms with Crippen LogP contribution in [0.4, 0.5) is 4.39 Å². The van der Waals surface area contributed by atoms with E-state index in [1.807, 2.05) is 0 Å². The first-order valence-corrected chi connectivity index (χ1v) is 8.70. The molecule has 0 spiro atoms. The molecule has 4 rings (SSSR count). The van der Waals surface area contributed by atoms with Gasteiger partial charge in [0.25, 0.3) is 5.91 Å². The molecule has 0 bridgehead atoms. The van der Waals surface area contributed by atoms with Crippen molar-refractivity contribution in [2.45, 2.75) is 6.54 Å². The number of hydrogen-bond donors (Lipinski definition) is 1. The van der Waals surface area contributed by atoms with Crippen LogP contribution in [-0.4, -0.2) is 42.5 Å². The van der Waals surface area contributed by atoms with Crippen LogP contribution in [0.3, 0.4) is 0 Å². The largest absolute Gasteiger partial charge is 0.484 e. The van der Waals surface area contributed by atoms with E-state index in [1.54, 1.807) is 53.5 Å². The van der Waals surface area contributed by atoms with Gasteiger partial charge in [0, 0.05) is 18.3 Å². The molecule has 2 aromatic carbocycles. The van der Waals surface area contributed by atoms with Crippen molar-refractivity contribution in [3.8, 4) is 17.1 Å². The minimum absolute atomic E-state index is 0.123. The Morgan fingerprint density at radius 1 is 1.10 bits per heavy atom. The summed E-state index contributed by atoms with van der Waals surface area (Å²) in [5, 5.41) is 17.9. The van der Waals surface area contributed by atoms with Gasteiger partial charge in [0.1, 0.15) is 17.9 Å². The van der Waals surface area contributed by atoms with Crippen molar-refractivity contribution < 1.29 is 13.9 Å². The van der Waals surface area contributed by atoms with Gasteiger partial charge in [-0.25, -0.2) is 13.8 Å². The van der Waals surface area contributed by atoms with Gasteiger partial charge in [0.05, 0.1) is 17.6 Å². The standard InChI is InChI=1S/C19H16FN7O2/c20-15-2-1-3-17(8-15)26-11-14(10-23-26)9-21-19(28)12-29-18-6-4-16(5-7-18)27-13-22-24-25-27/h1-8,10-11,13H,9,12H2,(H,21,28). The van der Waals surface area contributed by atoms with E-state index in [0.717, 1.165) is 11.3 Å². The quantitative estimate of drug-likeness (QED) is 0.513. The first kappa shape index (κ1) is 18.3. The summed E-state index contributed by atoms with van der Waals surface area (Å²) < 4.78 is 21.9. The third-order valence-corrected chi connectivity index (χ3v) is 4.02. The second kappa shape index (κ2) is 8.30. The number of hydrogen-bond acceptors (Lipinski definition) is 6. The highest BCUT2D eigenvalue weighted by molar-refractivity contribution is 5.77. The number of ether oxygens (including phenoxy) is 1. The summed E-state index contributed by atoms with van der Waals surface area (Å²) in [7, 11) is 0. The molecule has 0 atom stereocenters. The SMILES string of the molecule is O=C(COc1ccc(-n2cnnn2)cc1)NCc1cnn(-c2cccc(F)c2)c1. The topological polar surface area (TPSA) is 99.8 Å².